The number of fused-ring (bicyclic) bond motifs is 1. The van der Waals surface area contributed by atoms with Crippen molar-refractivity contribution >= 4 is 27.9 Å². The zero-order valence-electron chi connectivity index (χ0n) is 18.9. The quantitative estimate of drug-likeness (QED) is 0.345. The number of amides is 1. The average molecular weight is 507 g/mol. The molecule has 1 aromatic rings. The van der Waals surface area contributed by atoms with Gasteiger partial charge in [0.25, 0.3) is 0 Å². The summed E-state index contributed by atoms with van der Waals surface area (Å²) in [6.45, 7) is 5.38. The number of methoxy groups -OCH3 is 1. The summed E-state index contributed by atoms with van der Waals surface area (Å²) >= 11 is 0. The summed E-state index contributed by atoms with van der Waals surface area (Å²) in [6, 6.07) is 4.03. The first kappa shape index (κ1) is 25.7. The van der Waals surface area contributed by atoms with Crippen molar-refractivity contribution in [3.05, 3.63) is 35.4 Å². The van der Waals surface area contributed by atoms with Crippen LogP contribution in [0.1, 0.15) is 49.5 Å². The molecule has 1 aromatic carbocycles. The number of nitrogens with zero attached hydrogens (tertiary/aromatic N) is 1. The topological polar surface area (TPSA) is 108 Å². The van der Waals surface area contributed by atoms with E-state index in [1.165, 1.54) is 23.1 Å². The van der Waals surface area contributed by atoms with E-state index in [-0.39, 0.29) is 42.8 Å². The van der Waals surface area contributed by atoms with Crippen molar-refractivity contribution in [3.63, 3.8) is 0 Å². The first-order valence-corrected chi connectivity index (χ1v) is 11.6. The molecule has 188 valence electrons. The van der Waals surface area contributed by atoms with Crippen LogP contribution in [0.15, 0.2) is 24.3 Å². The van der Waals surface area contributed by atoms with Gasteiger partial charge < -0.3 is 23.3 Å². The van der Waals surface area contributed by atoms with E-state index in [2.05, 4.69) is 8.92 Å². The van der Waals surface area contributed by atoms with Gasteiger partial charge in [-0.2, -0.15) is 21.6 Å². The molecule has 0 radical (unpaired) electrons. The molecule has 0 unspecified atom stereocenters. The summed E-state index contributed by atoms with van der Waals surface area (Å²) in [4.78, 5) is 26.0. The zero-order chi connectivity index (χ0) is 25.5. The first-order valence-electron chi connectivity index (χ1n) is 10.2. The summed E-state index contributed by atoms with van der Waals surface area (Å²) in [7, 11) is -4.98. The maximum Gasteiger partial charge on any atom is 0.534 e. The minimum Gasteiger partial charge on any atom is -0.482 e. The average Bonchev–Trinajstić information content (AvgIpc) is 2.70. The highest BCUT2D eigenvalue weighted by Crippen LogP contribution is 2.44. The molecule has 2 aliphatic rings. The van der Waals surface area contributed by atoms with E-state index in [0.717, 1.165) is 13.2 Å². The molecular weight excluding hydrogens is 483 g/mol. The summed E-state index contributed by atoms with van der Waals surface area (Å²) < 4.78 is 83.4. The minimum absolute atomic E-state index is 0.0523. The van der Waals surface area contributed by atoms with Crippen LogP contribution in [0.25, 0.3) is 5.76 Å². The number of rotatable bonds is 3. The Balaban J connectivity index is 1.99. The van der Waals surface area contributed by atoms with Gasteiger partial charge in [-0.15, -0.1) is 0 Å². The van der Waals surface area contributed by atoms with Crippen LogP contribution >= 0.6 is 0 Å². The third-order valence-corrected chi connectivity index (χ3v) is 6.10. The zero-order valence-corrected chi connectivity index (χ0v) is 19.7. The SMILES string of the molecule is COC(=O)c1cccc2c1C(OS(=O)(=O)C(F)(F)F)=CC1(CCN(C(=O)OC(C)(C)C)CC1)O2. The highest BCUT2D eigenvalue weighted by Gasteiger charge is 2.51. The van der Waals surface area contributed by atoms with Gasteiger partial charge in [0.15, 0.2) is 5.76 Å². The normalized spacial score (nSPS) is 17.9. The summed E-state index contributed by atoms with van der Waals surface area (Å²) in [5.74, 6) is -1.68. The Labute approximate surface area is 194 Å². The molecule has 1 amide bonds. The Morgan fingerprint density at radius 2 is 1.74 bits per heavy atom. The molecule has 9 nitrogen and oxygen atoms in total. The lowest BCUT2D eigenvalue weighted by atomic mass is 9.86. The van der Waals surface area contributed by atoms with Crippen molar-refractivity contribution in [1.29, 1.82) is 0 Å². The molecule has 0 N–H and O–H groups in total. The number of piperidine rings is 1. The molecule has 0 aromatic heterocycles. The number of carbonyl (C=O) groups is 2. The van der Waals surface area contributed by atoms with E-state index >= 15 is 0 Å². The highest BCUT2D eigenvalue weighted by molar-refractivity contribution is 7.87. The first-order chi connectivity index (χ1) is 15.6. The van der Waals surface area contributed by atoms with Crippen molar-refractivity contribution in [2.75, 3.05) is 20.2 Å². The second-order valence-corrected chi connectivity index (χ2v) is 10.3. The van der Waals surface area contributed by atoms with Gasteiger partial charge in [0.2, 0.25) is 0 Å². The maximum absolute atomic E-state index is 13.1. The van der Waals surface area contributed by atoms with E-state index in [9.17, 15) is 31.2 Å². The molecule has 0 saturated carbocycles. The predicted octanol–water partition coefficient (Wildman–Crippen LogP) is 3.84. The third kappa shape index (κ3) is 5.24. The van der Waals surface area contributed by atoms with E-state index in [4.69, 9.17) is 9.47 Å². The number of alkyl halides is 3. The Bertz CT molecular complexity index is 1110. The number of ether oxygens (including phenoxy) is 3. The molecule has 34 heavy (non-hydrogen) atoms. The molecule has 2 aliphatic heterocycles. The molecule has 1 spiro atoms. The van der Waals surface area contributed by atoms with Crippen LogP contribution in [-0.2, 0) is 23.8 Å². The molecular formula is C21H24F3NO8S. The predicted molar refractivity (Wildman–Crippen MR) is 112 cm³/mol. The molecule has 0 bridgehead atoms. The minimum atomic E-state index is -6.05. The summed E-state index contributed by atoms with van der Waals surface area (Å²) in [6.07, 6.45) is 0.754. The van der Waals surface area contributed by atoms with Crippen molar-refractivity contribution in [2.24, 2.45) is 0 Å². The van der Waals surface area contributed by atoms with E-state index < -0.39 is 44.7 Å². The van der Waals surface area contributed by atoms with Crippen LogP contribution in [0.5, 0.6) is 5.75 Å². The Morgan fingerprint density at radius 3 is 2.26 bits per heavy atom. The molecule has 0 atom stereocenters. The Kier molecular flexibility index (Phi) is 6.55. The molecule has 1 fully saturated rings. The number of benzene rings is 1. The molecule has 1 saturated heterocycles. The number of esters is 1. The van der Waals surface area contributed by atoms with Crippen LogP contribution < -0.4 is 4.74 Å². The number of likely N-dealkylation sites (tertiary alicyclic amines) is 1. The number of hydrogen-bond donors (Lipinski definition) is 0. The lowest BCUT2D eigenvalue weighted by Gasteiger charge is -2.42. The van der Waals surface area contributed by atoms with Gasteiger partial charge in [-0.3, -0.25) is 0 Å². The number of hydrogen-bond acceptors (Lipinski definition) is 8. The van der Waals surface area contributed by atoms with Crippen molar-refractivity contribution in [2.45, 2.75) is 50.3 Å². The van der Waals surface area contributed by atoms with Gasteiger partial charge in [-0.05, 0) is 32.9 Å². The lowest BCUT2D eigenvalue weighted by molar-refractivity contribution is -0.0512. The molecule has 13 heteroatoms. The fourth-order valence-corrected chi connectivity index (χ4v) is 4.04. The van der Waals surface area contributed by atoms with E-state index in [1.54, 1.807) is 20.8 Å². The summed E-state index contributed by atoms with van der Waals surface area (Å²) in [5, 5.41) is 0. The largest absolute Gasteiger partial charge is 0.534 e. The Hall–Kier alpha value is -2.96. The third-order valence-electron chi connectivity index (χ3n) is 5.13. The van der Waals surface area contributed by atoms with Gasteiger partial charge >= 0.3 is 27.7 Å². The number of carbonyl (C=O) groups excluding carboxylic acids is 2. The molecule has 2 heterocycles. The van der Waals surface area contributed by atoms with E-state index in [0.29, 0.717) is 0 Å². The van der Waals surface area contributed by atoms with Crippen molar-refractivity contribution in [1.82, 2.24) is 4.90 Å². The Morgan fingerprint density at radius 1 is 1.12 bits per heavy atom. The second kappa shape index (κ2) is 8.67. The van der Waals surface area contributed by atoms with Crippen molar-refractivity contribution < 1.29 is 49.6 Å². The van der Waals surface area contributed by atoms with Gasteiger partial charge in [-0.25, -0.2) is 9.59 Å². The van der Waals surface area contributed by atoms with Gasteiger partial charge in [0, 0.05) is 32.0 Å². The number of halogens is 3. The van der Waals surface area contributed by atoms with Gasteiger partial charge in [-0.1, -0.05) is 6.07 Å². The van der Waals surface area contributed by atoms with Crippen LogP contribution in [-0.4, -0.2) is 62.3 Å². The van der Waals surface area contributed by atoms with Crippen LogP contribution in [0.2, 0.25) is 0 Å². The monoisotopic (exact) mass is 507 g/mol. The van der Waals surface area contributed by atoms with Crippen molar-refractivity contribution in [3.8, 4) is 5.75 Å². The van der Waals surface area contributed by atoms with Crippen LogP contribution in [0.4, 0.5) is 18.0 Å². The standard InChI is InChI=1S/C21H24F3NO8S/c1-19(2,3)32-18(27)25-10-8-20(9-11-25)12-15(33-34(28,29)21(22,23)24)16-13(17(26)30-4)6-5-7-14(16)31-20/h5-7,12H,8-11H2,1-4H3. The lowest BCUT2D eigenvalue weighted by Crippen LogP contribution is -2.50. The fourth-order valence-electron chi connectivity index (χ4n) is 3.58. The molecule has 3 rings (SSSR count). The van der Waals surface area contributed by atoms with Gasteiger partial charge in [0.05, 0.1) is 18.2 Å². The maximum atomic E-state index is 13.1. The second-order valence-electron chi connectivity index (χ2n) is 8.80. The fraction of sp³-hybridized carbons (Fsp3) is 0.524. The van der Waals surface area contributed by atoms with E-state index in [1.807, 2.05) is 0 Å². The highest BCUT2D eigenvalue weighted by atomic mass is 32.2. The molecule has 0 aliphatic carbocycles. The van der Waals surface area contributed by atoms with Crippen LogP contribution in [0, 0.1) is 0 Å². The van der Waals surface area contributed by atoms with Crippen LogP contribution in [0.3, 0.4) is 0 Å². The summed E-state index contributed by atoms with van der Waals surface area (Å²) in [5.41, 5.74) is -8.20. The smallest absolute Gasteiger partial charge is 0.482 e. The van der Waals surface area contributed by atoms with Gasteiger partial charge in [0.1, 0.15) is 17.0 Å².